The van der Waals surface area contributed by atoms with E-state index in [1.807, 2.05) is 0 Å². The van der Waals surface area contributed by atoms with Crippen molar-refractivity contribution in [3.63, 3.8) is 0 Å². The van der Waals surface area contributed by atoms with Crippen LogP contribution in [0.25, 0.3) is 24.3 Å². The van der Waals surface area contributed by atoms with Crippen molar-refractivity contribution in [2.45, 2.75) is 12.8 Å². The highest BCUT2D eigenvalue weighted by atomic mass is 16.5. The molecule has 0 spiro atoms. The average Bonchev–Trinajstić information content (AvgIpc) is 3.16. The summed E-state index contributed by atoms with van der Waals surface area (Å²) in [5.41, 5.74) is 2.28. The van der Waals surface area contributed by atoms with Gasteiger partial charge in [-0.2, -0.15) is 0 Å². The topological polar surface area (TPSA) is 186 Å². The van der Waals surface area contributed by atoms with Crippen LogP contribution in [0.1, 0.15) is 35.1 Å². The first-order chi connectivity index (χ1) is 25.9. The minimum Gasteiger partial charge on any atom is -0.504 e. The molecule has 0 saturated carbocycles. The third-order valence-electron chi connectivity index (χ3n) is 7.52. The lowest BCUT2D eigenvalue weighted by molar-refractivity contribution is -0.123. The third-order valence-corrected chi connectivity index (χ3v) is 7.52. The van der Waals surface area contributed by atoms with Crippen LogP contribution in [0.3, 0.4) is 0 Å². The van der Waals surface area contributed by atoms with Gasteiger partial charge in [-0.25, -0.2) is 0 Å². The van der Waals surface area contributed by atoms with Crippen LogP contribution >= 0.6 is 0 Å². The number of aromatic hydroxyl groups is 4. The first-order valence-corrected chi connectivity index (χ1v) is 16.4. The molecule has 278 valence electrons. The SMILES string of the molecule is COc1cc(/C=C/C(=O)CC(=O)/C=C/c2ccc(O)c(OCCOc3cc(/C=C/C(=O)CC(=O)/C=C/c4ccc(O)c(OC)c4)ccc3O)c2)ccc1O. The van der Waals surface area contributed by atoms with Crippen molar-refractivity contribution in [3.05, 3.63) is 119 Å². The second-order valence-corrected chi connectivity index (χ2v) is 11.6. The molecule has 0 unspecified atom stereocenters. The molecule has 4 rings (SSSR count). The van der Waals surface area contributed by atoms with Crippen molar-refractivity contribution in [1.82, 2.24) is 0 Å². The van der Waals surface area contributed by atoms with Gasteiger partial charge in [0.05, 0.1) is 27.1 Å². The van der Waals surface area contributed by atoms with E-state index >= 15 is 0 Å². The van der Waals surface area contributed by atoms with Crippen LogP contribution < -0.4 is 18.9 Å². The largest absolute Gasteiger partial charge is 0.504 e. The minimum atomic E-state index is -0.438. The van der Waals surface area contributed by atoms with E-state index in [1.54, 1.807) is 36.4 Å². The molecule has 0 heterocycles. The normalized spacial score (nSPS) is 11.4. The molecule has 0 fully saturated rings. The molecule has 4 aromatic rings. The van der Waals surface area contributed by atoms with Gasteiger partial charge in [-0.05, 0) is 95.1 Å². The fourth-order valence-corrected chi connectivity index (χ4v) is 4.73. The Kier molecular flexibility index (Phi) is 14.3. The molecule has 4 N–H and O–H groups in total. The first kappa shape index (κ1) is 39.7. The zero-order valence-electron chi connectivity index (χ0n) is 29.4. The van der Waals surface area contributed by atoms with Crippen LogP contribution in [0.15, 0.2) is 97.1 Å². The Balaban J connectivity index is 1.24. The first-order valence-electron chi connectivity index (χ1n) is 16.4. The Morgan fingerprint density at radius 2 is 0.704 bits per heavy atom. The predicted octanol–water partition coefficient (Wildman–Crippen LogP) is 6.49. The van der Waals surface area contributed by atoms with E-state index < -0.39 is 23.1 Å². The van der Waals surface area contributed by atoms with Crippen LogP contribution in [0.2, 0.25) is 0 Å². The monoisotopic (exact) mass is 734 g/mol. The van der Waals surface area contributed by atoms with Crippen LogP contribution in [0.5, 0.6) is 46.0 Å². The molecule has 12 heteroatoms. The number of methoxy groups -OCH3 is 2. The summed E-state index contributed by atoms with van der Waals surface area (Å²) in [5.74, 6) is -1.35. The predicted molar refractivity (Wildman–Crippen MR) is 202 cm³/mol. The molecule has 54 heavy (non-hydrogen) atoms. The van der Waals surface area contributed by atoms with Gasteiger partial charge in [-0.15, -0.1) is 0 Å². The lowest BCUT2D eigenvalue weighted by atomic mass is 10.1. The van der Waals surface area contributed by atoms with Crippen molar-refractivity contribution < 1.29 is 58.6 Å². The van der Waals surface area contributed by atoms with Gasteiger partial charge in [0.1, 0.15) is 13.2 Å². The van der Waals surface area contributed by atoms with Crippen molar-refractivity contribution in [1.29, 1.82) is 0 Å². The fraction of sp³-hybridized carbons (Fsp3) is 0.143. The van der Waals surface area contributed by atoms with E-state index in [4.69, 9.17) is 18.9 Å². The van der Waals surface area contributed by atoms with Gasteiger partial charge in [-0.1, -0.05) is 48.6 Å². The maximum absolute atomic E-state index is 12.4. The zero-order chi connectivity index (χ0) is 39.0. The highest BCUT2D eigenvalue weighted by Gasteiger charge is 2.09. The number of hydrogen-bond donors (Lipinski definition) is 4. The van der Waals surface area contributed by atoms with Gasteiger partial charge >= 0.3 is 0 Å². The molecule has 0 aromatic heterocycles. The molecule has 12 nitrogen and oxygen atoms in total. The molecule has 0 aliphatic heterocycles. The molecular weight excluding hydrogens is 696 g/mol. The van der Waals surface area contributed by atoms with Crippen molar-refractivity contribution in [3.8, 4) is 46.0 Å². The van der Waals surface area contributed by atoms with Gasteiger partial charge < -0.3 is 39.4 Å². The molecule has 4 aromatic carbocycles. The van der Waals surface area contributed by atoms with Crippen LogP contribution in [-0.4, -0.2) is 71.0 Å². The summed E-state index contributed by atoms with van der Waals surface area (Å²) >= 11 is 0. The summed E-state index contributed by atoms with van der Waals surface area (Å²) in [4.78, 5) is 49.3. The van der Waals surface area contributed by atoms with Crippen LogP contribution in [-0.2, 0) is 19.2 Å². The number of carbonyl (C=O) groups is 4. The van der Waals surface area contributed by atoms with Gasteiger partial charge in [0.15, 0.2) is 69.1 Å². The summed E-state index contributed by atoms with van der Waals surface area (Å²) in [5, 5.41) is 39.9. The smallest absolute Gasteiger partial charge is 0.163 e. The highest BCUT2D eigenvalue weighted by molar-refractivity contribution is 6.11. The van der Waals surface area contributed by atoms with Crippen molar-refractivity contribution >= 4 is 47.4 Å². The Hall–Kier alpha value is -7.08. The molecule has 0 bridgehead atoms. The van der Waals surface area contributed by atoms with Crippen molar-refractivity contribution in [2.24, 2.45) is 0 Å². The maximum atomic E-state index is 12.4. The molecule has 0 aliphatic rings. The summed E-state index contributed by atoms with van der Waals surface area (Å²) in [6.07, 6.45) is 10.3. The maximum Gasteiger partial charge on any atom is 0.163 e. The van der Waals surface area contributed by atoms with E-state index in [1.165, 1.54) is 99.2 Å². The standard InChI is InChI=1S/C42H38O12/c1-51-39-21-27(7-15-35(39)47)3-11-31(43)25-33(45)13-5-29-9-17-37(49)41(23-29)53-19-20-54-42-24-30(10-18-38(42)50)6-14-34(46)26-32(44)12-4-28-8-16-36(48)40(22-28)52-2/h3-18,21-24,47-50H,19-20,25-26H2,1-2H3/b11-3+,12-4+,13-5+,14-6+. The Bertz CT molecular complexity index is 1970. The number of phenols is 4. The van der Waals surface area contributed by atoms with Gasteiger partial charge in [0.25, 0.3) is 0 Å². The minimum absolute atomic E-state index is 0.0298. The van der Waals surface area contributed by atoms with Gasteiger partial charge in [0, 0.05) is 0 Å². The zero-order valence-corrected chi connectivity index (χ0v) is 29.4. The van der Waals surface area contributed by atoms with Crippen molar-refractivity contribution in [2.75, 3.05) is 27.4 Å². The number of hydrogen-bond acceptors (Lipinski definition) is 12. The summed E-state index contributed by atoms with van der Waals surface area (Å²) in [6.45, 7) is -0.0596. The summed E-state index contributed by atoms with van der Waals surface area (Å²) < 4.78 is 21.4. The molecule has 0 aliphatic carbocycles. The fourth-order valence-electron chi connectivity index (χ4n) is 4.73. The lowest BCUT2D eigenvalue weighted by Gasteiger charge is -2.11. The second-order valence-electron chi connectivity index (χ2n) is 11.6. The lowest BCUT2D eigenvalue weighted by Crippen LogP contribution is -2.09. The van der Waals surface area contributed by atoms with E-state index in [-0.39, 0.29) is 72.1 Å². The highest BCUT2D eigenvalue weighted by Crippen LogP contribution is 2.30. The molecule has 0 atom stereocenters. The van der Waals surface area contributed by atoms with E-state index in [2.05, 4.69) is 0 Å². The molecule has 0 amide bonds. The Labute approximate surface area is 311 Å². The number of rotatable bonds is 19. The number of benzene rings is 4. The van der Waals surface area contributed by atoms with E-state index in [0.717, 1.165) is 0 Å². The number of ether oxygens (including phenoxy) is 4. The summed E-state index contributed by atoms with van der Waals surface area (Å²) in [7, 11) is 2.82. The van der Waals surface area contributed by atoms with E-state index in [9.17, 15) is 39.6 Å². The molecule has 0 saturated heterocycles. The number of carbonyl (C=O) groups excluding carboxylic acids is 4. The molecule has 0 radical (unpaired) electrons. The number of allylic oxidation sites excluding steroid dienone is 4. The Morgan fingerprint density at radius 1 is 0.444 bits per heavy atom. The second kappa shape index (κ2) is 19.5. The van der Waals surface area contributed by atoms with Crippen LogP contribution in [0, 0.1) is 0 Å². The molecular formula is C42H38O12. The summed E-state index contributed by atoms with van der Waals surface area (Å²) in [6, 6.07) is 18.1. The number of phenolic OH excluding ortho intramolecular Hbond substituents is 4. The van der Waals surface area contributed by atoms with Gasteiger partial charge in [0.2, 0.25) is 0 Å². The van der Waals surface area contributed by atoms with Gasteiger partial charge in [-0.3, -0.25) is 19.2 Å². The average molecular weight is 735 g/mol. The quantitative estimate of drug-likeness (QED) is 0.0467. The number of ketones is 4. The van der Waals surface area contributed by atoms with Crippen LogP contribution in [0.4, 0.5) is 0 Å². The third kappa shape index (κ3) is 12.3. The van der Waals surface area contributed by atoms with E-state index in [0.29, 0.717) is 22.3 Å². The Morgan fingerprint density at radius 3 is 0.981 bits per heavy atom.